The van der Waals surface area contributed by atoms with Crippen LogP contribution >= 0.6 is 0 Å². The zero-order chi connectivity index (χ0) is 26.9. The second-order valence-corrected chi connectivity index (χ2v) is 13.6. The maximum absolute atomic E-state index is 13.4. The number of ketones is 1. The van der Waals surface area contributed by atoms with Crippen molar-refractivity contribution < 1.29 is 19.4 Å². The first-order valence-electron chi connectivity index (χ1n) is 15.8. The van der Waals surface area contributed by atoms with Crippen molar-refractivity contribution in [1.29, 1.82) is 0 Å². The van der Waals surface area contributed by atoms with E-state index < -0.39 is 5.60 Å². The summed E-state index contributed by atoms with van der Waals surface area (Å²) in [7, 11) is 0. The lowest BCUT2D eigenvalue weighted by molar-refractivity contribution is -0.150. The summed E-state index contributed by atoms with van der Waals surface area (Å²) >= 11 is 0. The topological polar surface area (TPSA) is 63.6 Å². The second kappa shape index (κ2) is 13.8. The number of rotatable bonds is 18. The fraction of sp³-hybridized carbons (Fsp3) is 0.879. The number of hydrogen-bond acceptors (Lipinski definition) is 4. The van der Waals surface area contributed by atoms with Crippen molar-refractivity contribution in [3.63, 3.8) is 0 Å². The van der Waals surface area contributed by atoms with Crippen LogP contribution in [0.25, 0.3) is 0 Å². The molecule has 1 N–H and O–H groups in total. The molecular weight excluding hydrogens is 460 g/mol. The summed E-state index contributed by atoms with van der Waals surface area (Å²) in [6.07, 6.45) is 23.2. The van der Waals surface area contributed by atoms with Gasteiger partial charge >= 0.3 is 5.97 Å². The largest absolute Gasteiger partial charge is 0.461 e. The molecule has 212 valence electrons. The predicted molar refractivity (Wildman–Crippen MR) is 151 cm³/mol. The van der Waals surface area contributed by atoms with Gasteiger partial charge in [0, 0.05) is 17.9 Å². The molecule has 4 heteroatoms. The van der Waals surface area contributed by atoms with Gasteiger partial charge in [0.05, 0.1) is 0 Å². The highest BCUT2D eigenvalue weighted by Crippen LogP contribution is 2.66. The van der Waals surface area contributed by atoms with Gasteiger partial charge in [-0.3, -0.25) is 9.59 Å². The molecule has 2 saturated carbocycles. The van der Waals surface area contributed by atoms with Crippen LogP contribution in [0.3, 0.4) is 0 Å². The Bertz CT molecular complexity index is 796. The van der Waals surface area contributed by atoms with E-state index in [1.165, 1.54) is 83.5 Å². The number of aliphatic hydroxyl groups is 1. The number of Topliss-reactive ketones (excluding diaryl/α,β-unsaturated/α-hetero) is 1. The molecular formula is C33H56O4. The highest BCUT2D eigenvalue weighted by Gasteiger charge is 2.66. The van der Waals surface area contributed by atoms with Crippen LogP contribution in [0.15, 0.2) is 11.1 Å². The Morgan fingerprint density at radius 3 is 1.86 bits per heavy atom. The third-order valence-corrected chi connectivity index (χ3v) is 9.83. The number of ether oxygens (including phenoxy) is 1. The van der Waals surface area contributed by atoms with Gasteiger partial charge in [0.15, 0.2) is 5.78 Å². The van der Waals surface area contributed by atoms with Crippen LogP contribution in [0.1, 0.15) is 156 Å². The molecule has 4 nitrogen and oxygen atoms in total. The molecule has 0 aromatic heterocycles. The Hall–Kier alpha value is -1.16. The van der Waals surface area contributed by atoms with Crippen molar-refractivity contribution in [2.75, 3.05) is 6.61 Å². The Balaban J connectivity index is 1.25. The van der Waals surface area contributed by atoms with Gasteiger partial charge in [-0.2, -0.15) is 0 Å². The number of allylic oxidation sites excluding steroid dienone is 1. The van der Waals surface area contributed by atoms with E-state index >= 15 is 0 Å². The molecule has 0 aliphatic heterocycles. The Labute approximate surface area is 227 Å². The van der Waals surface area contributed by atoms with Crippen molar-refractivity contribution in [3.05, 3.63) is 11.1 Å². The lowest BCUT2D eigenvalue weighted by Crippen LogP contribution is -2.57. The number of unbranched alkanes of at least 4 members (excludes halogenated alkanes) is 14. The quantitative estimate of drug-likeness (QED) is 0.146. The van der Waals surface area contributed by atoms with E-state index in [1.54, 1.807) is 0 Å². The minimum atomic E-state index is -1.29. The molecule has 3 aliphatic rings. The van der Waals surface area contributed by atoms with E-state index in [2.05, 4.69) is 27.7 Å². The molecule has 2 fully saturated rings. The molecule has 0 spiro atoms. The normalized spacial score (nSPS) is 28.1. The van der Waals surface area contributed by atoms with Gasteiger partial charge in [0.2, 0.25) is 0 Å². The van der Waals surface area contributed by atoms with Gasteiger partial charge < -0.3 is 9.84 Å². The van der Waals surface area contributed by atoms with Gasteiger partial charge in [-0.25, -0.2) is 0 Å². The first kappa shape index (κ1) is 30.4. The molecule has 3 rings (SSSR count). The van der Waals surface area contributed by atoms with Crippen molar-refractivity contribution in [2.24, 2.45) is 16.7 Å². The van der Waals surface area contributed by atoms with Gasteiger partial charge in [-0.1, -0.05) is 123 Å². The molecule has 3 atom stereocenters. The molecule has 0 heterocycles. The summed E-state index contributed by atoms with van der Waals surface area (Å²) in [6.45, 7) is 8.81. The van der Waals surface area contributed by atoms with E-state index in [-0.39, 0.29) is 35.1 Å². The van der Waals surface area contributed by atoms with E-state index in [0.717, 1.165) is 37.7 Å². The fourth-order valence-electron chi connectivity index (χ4n) is 7.58. The highest BCUT2D eigenvalue weighted by atomic mass is 16.5. The van der Waals surface area contributed by atoms with Crippen molar-refractivity contribution in [3.8, 4) is 0 Å². The van der Waals surface area contributed by atoms with E-state index in [0.29, 0.717) is 18.4 Å². The van der Waals surface area contributed by atoms with E-state index in [9.17, 15) is 14.7 Å². The molecule has 0 bridgehead atoms. The van der Waals surface area contributed by atoms with E-state index in [1.807, 2.05) is 0 Å². The zero-order valence-electron chi connectivity index (χ0n) is 24.6. The van der Waals surface area contributed by atoms with Gasteiger partial charge in [0.25, 0.3) is 0 Å². The van der Waals surface area contributed by atoms with Crippen molar-refractivity contribution in [2.45, 2.75) is 162 Å². The maximum Gasteiger partial charge on any atom is 0.306 e. The molecule has 0 saturated heterocycles. The highest BCUT2D eigenvalue weighted by molar-refractivity contribution is 6.05. The Kier molecular flexibility index (Phi) is 11.3. The minimum Gasteiger partial charge on any atom is -0.461 e. The monoisotopic (exact) mass is 516 g/mol. The SMILES string of the molecule is CCCCCCCCCCCCCCCCCC(=O)OCC1=C2CC[C@]2(C)[C@H]2CC(C)(C)C[C@@]2(O)C1=O. The summed E-state index contributed by atoms with van der Waals surface area (Å²) in [5, 5.41) is 11.5. The molecule has 3 aliphatic carbocycles. The smallest absolute Gasteiger partial charge is 0.306 e. The number of fused-ring (bicyclic) bond motifs is 3. The molecule has 0 aromatic carbocycles. The summed E-state index contributed by atoms with van der Waals surface area (Å²) in [5.74, 6) is -0.390. The van der Waals surface area contributed by atoms with Crippen LogP contribution < -0.4 is 0 Å². The molecule has 0 radical (unpaired) electrons. The minimum absolute atomic E-state index is 0.00831. The molecule has 0 aromatic rings. The Morgan fingerprint density at radius 1 is 0.865 bits per heavy atom. The number of hydrogen-bond donors (Lipinski definition) is 1. The van der Waals surface area contributed by atoms with Crippen LogP contribution in [0.2, 0.25) is 0 Å². The van der Waals surface area contributed by atoms with Crippen LogP contribution in [0, 0.1) is 16.7 Å². The first-order chi connectivity index (χ1) is 17.6. The van der Waals surface area contributed by atoms with Crippen LogP contribution in [0.4, 0.5) is 0 Å². The lowest BCUT2D eigenvalue weighted by Gasteiger charge is -2.55. The average molecular weight is 517 g/mol. The van der Waals surface area contributed by atoms with Crippen molar-refractivity contribution in [1.82, 2.24) is 0 Å². The maximum atomic E-state index is 13.4. The average Bonchev–Trinajstić information content (AvgIpc) is 3.11. The lowest BCUT2D eigenvalue weighted by atomic mass is 9.50. The standard InChI is InChI=1S/C33H56O4/c1-5-6-7-8-9-10-11-12-13-14-15-16-17-18-19-20-29(34)37-24-26-27-21-22-32(27,4)28-23-31(2,3)25-33(28,36)30(26)35/h28,36H,5-25H2,1-4H3/t28-,32+,33+/m1/s1. The summed E-state index contributed by atoms with van der Waals surface area (Å²) < 4.78 is 5.59. The number of carbonyl (C=O) groups is 2. The second-order valence-electron chi connectivity index (χ2n) is 13.6. The summed E-state index contributed by atoms with van der Waals surface area (Å²) in [4.78, 5) is 25.8. The van der Waals surface area contributed by atoms with Gasteiger partial charge in [0.1, 0.15) is 12.2 Å². The zero-order valence-corrected chi connectivity index (χ0v) is 24.6. The van der Waals surface area contributed by atoms with Crippen LogP contribution in [-0.4, -0.2) is 29.1 Å². The van der Waals surface area contributed by atoms with Crippen molar-refractivity contribution >= 4 is 11.8 Å². The fourth-order valence-corrected chi connectivity index (χ4v) is 7.58. The molecule has 37 heavy (non-hydrogen) atoms. The first-order valence-corrected chi connectivity index (χ1v) is 15.8. The third kappa shape index (κ3) is 7.70. The molecule has 0 unspecified atom stereocenters. The van der Waals surface area contributed by atoms with Crippen LogP contribution in [-0.2, 0) is 14.3 Å². The number of esters is 1. The van der Waals surface area contributed by atoms with Gasteiger partial charge in [-0.15, -0.1) is 0 Å². The van der Waals surface area contributed by atoms with Gasteiger partial charge in [-0.05, 0) is 42.9 Å². The summed E-state index contributed by atoms with van der Waals surface area (Å²) in [6, 6.07) is 0. The van der Waals surface area contributed by atoms with Crippen LogP contribution in [0.5, 0.6) is 0 Å². The van der Waals surface area contributed by atoms with E-state index in [4.69, 9.17) is 4.74 Å². The summed E-state index contributed by atoms with van der Waals surface area (Å²) in [5.41, 5.74) is 0.281. The third-order valence-electron chi connectivity index (χ3n) is 9.83. The molecule has 0 amide bonds. The predicted octanol–water partition coefficient (Wildman–Crippen LogP) is 8.64. The number of carbonyl (C=O) groups excluding carboxylic acids is 2. The Morgan fingerprint density at radius 2 is 1.38 bits per heavy atom.